The molecular weight excluding hydrogens is 540 g/mol. The van der Waals surface area contributed by atoms with Crippen molar-refractivity contribution in [2.75, 3.05) is 44.9 Å². The number of methoxy groups -OCH3 is 1. The van der Waals surface area contributed by atoms with E-state index >= 15 is 0 Å². The zero-order valence-corrected chi connectivity index (χ0v) is 24.5. The highest BCUT2D eigenvalue weighted by atomic mass is 32.2. The monoisotopic (exact) mass is 574 g/mol. The number of imide groups is 1. The Bertz CT molecular complexity index is 1270. The summed E-state index contributed by atoms with van der Waals surface area (Å²) in [6, 6.07) is 11.2. The average molecular weight is 575 g/mol. The van der Waals surface area contributed by atoms with Crippen LogP contribution in [0.3, 0.4) is 0 Å². The van der Waals surface area contributed by atoms with Gasteiger partial charge in [-0.3, -0.25) is 19.2 Å². The van der Waals surface area contributed by atoms with E-state index in [1.54, 1.807) is 20.8 Å². The summed E-state index contributed by atoms with van der Waals surface area (Å²) in [4.78, 5) is 54.1. The number of alkyl carbamates (subject to hydrolysis) is 1. The first-order valence-corrected chi connectivity index (χ1v) is 14.1. The lowest BCUT2D eigenvalue weighted by Gasteiger charge is -2.22. The van der Waals surface area contributed by atoms with Crippen LogP contribution in [-0.4, -0.2) is 80.5 Å². The number of fused-ring (bicyclic) bond motifs is 1. The van der Waals surface area contributed by atoms with Crippen LogP contribution in [0.25, 0.3) is 10.8 Å². The fraction of sp³-hybridized carbons (Fsp3) is 0.407. The fourth-order valence-electron chi connectivity index (χ4n) is 3.76. The smallest absolute Gasteiger partial charge is 0.408 e. The second-order valence-electron chi connectivity index (χ2n) is 9.86. The minimum absolute atomic E-state index is 0.00523. The maximum Gasteiger partial charge on any atom is 0.408 e. The molecule has 2 N–H and O–H groups in total. The molecule has 3 rings (SSSR count). The molecule has 0 bridgehead atoms. The first-order valence-electron chi connectivity index (χ1n) is 12.3. The summed E-state index contributed by atoms with van der Waals surface area (Å²) >= 11 is 2.44. The number of benzene rings is 2. The molecule has 0 radical (unpaired) electrons. The molecule has 12 heteroatoms. The summed E-state index contributed by atoms with van der Waals surface area (Å²) in [5, 5.41) is 4.70. The van der Waals surface area contributed by atoms with Gasteiger partial charge in [-0.1, -0.05) is 24.3 Å². The lowest BCUT2D eigenvalue weighted by Crippen LogP contribution is -2.45. The lowest BCUT2D eigenvalue weighted by atomic mass is 10.1. The Balaban J connectivity index is 1.53. The molecule has 1 aliphatic rings. The predicted octanol–water partition coefficient (Wildman–Crippen LogP) is 3.55. The van der Waals surface area contributed by atoms with E-state index in [0.29, 0.717) is 6.54 Å². The lowest BCUT2D eigenvalue weighted by molar-refractivity contribution is -0.142. The molecule has 0 fully saturated rings. The molecule has 2 aromatic rings. The summed E-state index contributed by atoms with van der Waals surface area (Å²) in [6.45, 7) is 5.66. The van der Waals surface area contributed by atoms with Gasteiger partial charge in [-0.05, 0) is 50.2 Å². The molecule has 0 aliphatic carbocycles. The molecule has 0 saturated heterocycles. The Hall–Kier alpha value is -3.22. The topological polar surface area (TPSA) is 117 Å². The Kier molecular flexibility index (Phi) is 10.3. The Morgan fingerprint density at radius 2 is 1.77 bits per heavy atom. The zero-order chi connectivity index (χ0) is 28.7. The second-order valence-corrected chi connectivity index (χ2v) is 11.9. The molecule has 210 valence electrons. The number of amides is 3. The SMILES string of the molecule is COC(=O)C(CSC1=CC(=O)N(CCNSc2cccc3c(N(C)C)cccc23)C1=O)NC(=O)OC(C)(C)C. The molecule has 39 heavy (non-hydrogen) atoms. The maximum atomic E-state index is 12.9. The number of nitrogens with zero attached hydrogens (tertiary/aromatic N) is 2. The molecule has 2 aromatic carbocycles. The van der Waals surface area contributed by atoms with Gasteiger partial charge in [0.15, 0.2) is 0 Å². The van der Waals surface area contributed by atoms with Crippen LogP contribution in [0, 0.1) is 0 Å². The van der Waals surface area contributed by atoms with Crippen molar-refractivity contribution in [1.82, 2.24) is 14.9 Å². The Labute approximate surface area is 236 Å². The number of hydrogen-bond acceptors (Lipinski definition) is 10. The van der Waals surface area contributed by atoms with E-state index in [4.69, 9.17) is 9.47 Å². The van der Waals surface area contributed by atoms with Crippen LogP contribution in [0.4, 0.5) is 10.5 Å². The fourth-order valence-corrected chi connectivity index (χ4v) is 5.53. The van der Waals surface area contributed by atoms with E-state index in [0.717, 1.165) is 38.0 Å². The number of hydrogen-bond donors (Lipinski definition) is 2. The van der Waals surface area contributed by atoms with Crippen molar-refractivity contribution >= 4 is 64.0 Å². The highest BCUT2D eigenvalue weighted by Gasteiger charge is 2.33. The van der Waals surface area contributed by atoms with Gasteiger partial charge in [-0.25, -0.2) is 9.59 Å². The number of thioether (sulfide) groups is 1. The third-order valence-electron chi connectivity index (χ3n) is 5.52. The van der Waals surface area contributed by atoms with Gasteiger partial charge in [0.2, 0.25) is 0 Å². The van der Waals surface area contributed by atoms with Crippen LogP contribution in [0.1, 0.15) is 20.8 Å². The zero-order valence-electron chi connectivity index (χ0n) is 22.9. The van der Waals surface area contributed by atoms with Crippen molar-refractivity contribution in [1.29, 1.82) is 0 Å². The van der Waals surface area contributed by atoms with Gasteiger partial charge in [0.05, 0.1) is 12.0 Å². The molecule has 1 aliphatic heterocycles. The molecule has 1 atom stereocenters. The van der Waals surface area contributed by atoms with E-state index < -0.39 is 35.5 Å². The second kappa shape index (κ2) is 13.2. The highest BCUT2D eigenvalue weighted by molar-refractivity contribution is 8.04. The quantitative estimate of drug-likeness (QED) is 0.179. The number of rotatable bonds is 11. The van der Waals surface area contributed by atoms with Crippen LogP contribution in [0.15, 0.2) is 52.3 Å². The van der Waals surface area contributed by atoms with Crippen molar-refractivity contribution in [3.63, 3.8) is 0 Å². The largest absolute Gasteiger partial charge is 0.467 e. The van der Waals surface area contributed by atoms with Crippen molar-refractivity contribution in [2.45, 2.75) is 37.3 Å². The molecule has 0 spiro atoms. The van der Waals surface area contributed by atoms with Gasteiger partial charge in [0.1, 0.15) is 11.6 Å². The summed E-state index contributed by atoms with van der Waals surface area (Å²) in [7, 11) is 5.21. The summed E-state index contributed by atoms with van der Waals surface area (Å²) in [5.41, 5.74) is 0.374. The highest BCUT2D eigenvalue weighted by Crippen LogP contribution is 2.32. The maximum absolute atomic E-state index is 12.9. The average Bonchev–Trinajstić information content (AvgIpc) is 3.14. The summed E-state index contributed by atoms with van der Waals surface area (Å²) in [5.74, 6) is -1.56. The van der Waals surface area contributed by atoms with Crippen LogP contribution in [-0.2, 0) is 23.9 Å². The van der Waals surface area contributed by atoms with E-state index in [2.05, 4.69) is 33.1 Å². The van der Waals surface area contributed by atoms with Gasteiger partial charge in [-0.2, -0.15) is 0 Å². The third-order valence-corrected chi connectivity index (χ3v) is 7.55. The standard InChI is InChI=1S/C27H34N4O6S2/c1-27(2,3)37-26(35)29-19(25(34)36-6)16-38-22-15-23(32)31(24(22)33)14-13-28-39-21-12-8-9-17-18(21)10-7-11-20(17)30(4)5/h7-12,15,19,28H,13-14,16H2,1-6H3,(H,29,35). The third kappa shape index (κ3) is 8.13. The first-order chi connectivity index (χ1) is 18.4. The van der Waals surface area contributed by atoms with Crippen LogP contribution in [0.2, 0.25) is 0 Å². The van der Waals surface area contributed by atoms with E-state index in [1.807, 2.05) is 32.3 Å². The number of anilines is 1. The minimum atomic E-state index is -1.06. The number of esters is 1. The van der Waals surface area contributed by atoms with Gasteiger partial charge < -0.3 is 19.7 Å². The van der Waals surface area contributed by atoms with Gasteiger partial charge >= 0.3 is 12.1 Å². The molecule has 0 saturated carbocycles. The number of carbonyl (C=O) groups is 4. The molecule has 1 heterocycles. The van der Waals surface area contributed by atoms with Gasteiger partial charge in [0, 0.05) is 55.0 Å². The van der Waals surface area contributed by atoms with Gasteiger partial charge in [0.25, 0.3) is 11.8 Å². The van der Waals surface area contributed by atoms with Crippen molar-refractivity contribution in [3.05, 3.63) is 47.4 Å². The summed E-state index contributed by atoms with van der Waals surface area (Å²) < 4.78 is 13.2. The van der Waals surface area contributed by atoms with Gasteiger partial charge in [-0.15, -0.1) is 11.8 Å². The number of carbonyl (C=O) groups excluding carboxylic acids is 4. The van der Waals surface area contributed by atoms with Crippen molar-refractivity contribution in [2.24, 2.45) is 0 Å². The molecular formula is C27H34N4O6S2. The predicted molar refractivity (Wildman–Crippen MR) is 155 cm³/mol. The van der Waals surface area contributed by atoms with E-state index in [1.165, 1.54) is 25.1 Å². The van der Waals surface area contributed by atoms with E-state index in [9.17, 15) is 19.2 Å². The Morgan fingerprint density at radius 3 is 2.44 bits per heavy atom. The Morgan fingerprint density at radius 1 is 1.08 bits per heavy atom. The number of nitrogens with one attached hydrogen (secondary N) is 2. The van der Waals surface area contributed by atoms with Crippen LogP contribution < -0.4 is 14.9 Å². The molecule has 1 unspecified atom stereocenters. The van der Waals surface area contributed by atoms with Crippen molar-refractivity contribution in [3.8, 4) is 0 Å². The van der Waals surface area contributed by atoms with Crippen molar-refractivity contribution < 1.29 is 28.7 Å². The number of ether oxygens (including phenoxy) is 2. The molecule has 3 amide bonds. The molecule has 10 nitrogen and oxygen atoms in total. The van der Waals surface area contributed by atoms with Crippen LogP contribution >= 0.6 is 23.7 Å². The minimum Gasteiger partial charge on any atom is -0.467 e. The van der Waals surface area contributed by atoms with E-state index in [-0.39, 0.29) is 17.2 Å². The summed E-state index contributed by atoms with van der Waals surface area (Å²) in [6.07, 6.45) is 0.464. The van der Waals surface area contributed by atoms with Crippen LogP contribution in [0.5, 0.6) is 0 Å². The molecule has 0 aromatic heterocycles. The first kappa shape index (κ1) is 30.3. The normalized spacial score (nSPS) is 14.3.